The fourth-order valence-electron chi connectivity index (χ4n) is 2.77. The number of aromatic nitrogens is 2. The van der Waals surface area contributed by atoms with Gasteiger partial charge in [-0.1, -0.05) is 18.2 Å². The number of nitrogens with zero attached hydrogens (tertiary/aromatic N) is 2. The molecule has 1 aliphatic rings. The first-order valence-electron chi connectivity index (χ1n) is 7.73. The van der Waals surface area contributed by atoms with E-state index in [0.717, 1.165) is 22.5 Å². The molecule has 3 aromatic rings. The smallest absolute Gasteiger partial charge is 0.228 e. The molecule has 0 bridgehead atoms. The van der Waals surface area contributed by atoms with Crippen LogP contribution in [0, 0.1) is 6.92 Å². The Kier molecular flexibility index (Phi) is 3.74. The highest BCUT2D eigenvalue weighted by atomic mass is 32.1. The molecule has 0 atom stereocenters. The summed E-state index contributed by atoms with van der Waals surface area (Å²) in [7, 11) is 0. The van der Waals surface area contributed by atoms with Crippen LogP contribution in [0.5, 0.6) is 0 Å². The molecule has 4 rings (SSSR count). The number of thiophene rings is 1. The van der Waals surface area contributed by atoms with E-state index in [9.17, 15) is 4.79 Å². The van der Waals surface area contributed by atoms with Crippen molar-refractivity contribution < 1.29 is 4.79 Å². The van der Waals surface area contributed by atoms with E-state index >= 15 is 0 Å². The summed E-state index contributed by atoms with van der Waals surface area (Å²) < 4.78 is 0. The van der Waals surface area contributed by atoms with Crippen LogP contribution >= 0.6 is 11.3 Å². The van der Waals surface area contributed by atoms with Crippen molar-refractivity contribution >= 4 is 28.9 Å². The van der Waals surface area contributed by atoms with Crippen LogP contribution in [-0.2, 0) is 17.8 Å². The van der Waals surface area contributed by atoms with Crippen LogP contribution in [0.3, 0.4) is 0 Å². The van der Waals surface area contributed by atoms with Crippen LogP contribution in [0.15, 0.2) is 41.9 Å². The maximum atomic E-state index is 12.0. The molecule has 5 nitrogen and oxygen atoms in total. The van der Waals surface area contributed by atoms with E-state index in [0.29, 0.717) is 12.5 Å². The lowest BCUT2D eigenvalue weighted by Gasteiger charge is -2.10. The van der Waals surface area contributed by atoms with Gasteiger partial charge < -0.3 is 10.6 Å². The molecular weight excluding hydrogens is 320 g/mol. The molecule has 1 aromatic carbocycles. The fraction of sp³-hybridized carbons (Fsp3) is 0.167. The monoisotopic (exact) mass is 336 g/mol. The Labute approximate surface area is 143 Å². The van der Waals surface area contributed by atoms with Gasteiger partial charge in [-0.15, -0.1) is 11.3 Å². The second-order valence-electron chi connectivity index (χ2n) is 5.72. The molecular formula is C18H16N4OS. The lowest BCUT2D eigenvalue weighted by atomic mass is 10.1. The van der Waals surface area contributed by atoms with Crippen LogP contribution < -0.4 is 10.6 Å². The quantitative estimate of drug-likeness (QED) is 0.766. The maximum absolute atomic E-state index is 12.0. The summed E-state index contributed by atoms with van der Waals surface area (Å²) in [5, 5.41) is 8.29. The lowest BCUT2D eigenvalue weighted by molar-refractivity contribution is -0.115. The molecule has 2 N–H and O–H groups in total. The van der Waals surface area contributed by atoms with E-state index in [4.69, 9.17) is 0 Å². The number of anilines is 2. The topological polar surface area (TPSA) is 66.9 Å². The molecule has 0 unspecified atom stereocenters. The van der Waals surface area contributed by atoms with Gasteiger partial charge in [0.1, 0.15) is 0 Å². The summed E-state index contributed by atoms with van der Waals surface area (Å²) in [6, 6.07) is 9.83. The van der Waals surface area contributed by atoms with Crippen LogP contribution in [0.2, 0.25) is 0 Å². The third-order valence-electron chi connectivity index (χ3n) is 4.05. The van der Waals surface area contributed by atoms with E-state index in [1.165, 1.54) is 10.4 Å². The Morgan fingerprint density at radius 1 is 1.29 bits per heavy atom. The van der Waals surface area contributed by atoms with E-state index < -0.39 is 0 Å². The van der Waals surface area contributed by atoms with Gasteiger partial charge in [0.2, 0.25) is 11.9 Å². The number of carbonyl (C=O) groups is 1. The van der Waals surface area contributed by atoms with Gasteiger partial charge in [-0.3, -0.25) is 4.79 Å². The molecule has 6 heteroatoms. The van der Waals surface area contributed by atoms with Crippen molar-refractivity contribution in [3.05, 3.63) is 57.9 Å². The molecule has 1 aliphatic heterocycles. The number of hydrogen-bond acceptors (Lipinski definition) is 5. The predicted molar refractivity (Wildman–Crippen MR) is 96.2 cm³/mol. The van der Waals surface area contributed by atoms with Crippen molar-refractivity contribution in [1.82, 2.24) is 9.97 Å². The van der Waals surface area contributed by atoms with E-state index in [-0.39, 0.29) is 12.3 Å². The zero-order chi connectivity index (χ0) is 16.5. The number of nitrogens with one attached hydrogen (secondary N) is 2. The summed E-state index contributed by atoms with van der Waals surface area (Å²) in [5.74, 6) is 0.533. The van der Waals surface area contributed by atoms with E-state index in [2.05, 4.69) is 39.0 Å². The van der Waals surface area contributed by atoms with Gasteiger partial charge in [0.15, 0.2) is 0 Å². The maximum Gasteiger partial charge on any atom is 0.228 e. The van der Waals surface area contributed by atoms with Gasteiger partial charge in [-0.2, -0.15) is 0 Å². The summed E-state index contributed by atoms with van der Waals surface area (Å²) >= 11 is 1.72. The van der Waals surface area contributed by atoms with Crippen LogP contribution in [-0.4, -0.2) is 15.9 Å². The number of para-hydroxylation sites is 1. The number of benzene rings is 1. The Morgan fingerprint density at radius 3 is 3.00 bits per heavy atom. The molecule has 0 spiro atoms. The molecule has 0 saturated heterocycles. The van der Waals surface area contributed by atoms with Gasteiger partial charge in [0, 0.05) is 22.2 Å². The zero-order valence-corrected chi connectivity index (χ0v) is 14.0. The Hall–Kier alpha value is -2.73. The largest absolute Gasteiger partial charge is 0.349 e. The van der Waals surface area contributed by atoms with E-state index in [1.54, 1.807) is 17.5 Å². The standard InChI is InChI=1S/C18H16N4OS/c1-11-6-7-24-15(11)10-20-18-19-9-12-8-16(23)21-14-5-3-2-4-13(14)17(12)22-18/h2-7,9H,8,10H2,1H3,(H,21,23)(H,19,20,22). The van der Waals surface area contributed by atoms with Crippen LogP contribution in [0.25, 0.3) is 11.3 Å². The highest BCUT2D eigenvalue weighted by molar-refractivity contribution is 7.10. The SMILES string of the molecule is Cc1ccsc1CNc1ncc2c(n1)-c1ccccc1NC(=O)C2. The van der Waals surface area contributed by atoms with Crippen molar-refractivity contribution in [2.24, 2.45) is 0 Å². The molecule has 0 radical (unpaired) electrons. The van der Waals surface area contributed by atoms with Crippen LogP contribution in [0.4, 0.5) is 11.6 Å². The lowest BCUT2D eigenvalue weighted by Crippen LogP contribution is -2.12. The highest BCUT2D eigenvalue weighted by Crippen LogP contribution is 2.32. The first-order chi connectivity index (χ1) is 11.7. The number of aryl methyl sites for hydroxylation is 1. The van der Waals surface area contributed by atoms with Gasteiger partial charge >= 0.3 is 0 Å². The molecule has 3 heterocycles. The highest BCUT2D eigenvalue weighted by Gasteiger charge is 2.20. The predicted octanol–water partition coefficient (Wildman–Crippen LogP) is 3.62. The molecule has 2 aromatic heterocycles. The average molecular weight is 336 g/mol. The fourth-order valence-corrected chi connectivity index (χ4v) is 3.61. The summed E-state index contributed by atoms with van der Waals surface area (Å²) in [4.78, 5) is 22.3. The molecule has 1 amide bonds. The van der Waals surface area contributed by atoms with Gasteiger partial charge in [-0.05, 0) is 30.0 Å². The Morgan fingerprint density at radius 2 is 2.17 bits per heavy atom. The van der Waals surface area contributed by atoms with Gasteiger partial charge in [0.25, 0.3) is 0 Å². The minimum Gasteiger partial charge on any atom is -0.349 e. The minimum atomic E-state index is -0.0419. The van der Waals surface area contributed by atoms with E-state index in [1.807, 2.05) is 24.3 Å². The number of rotatable bonds is 3. The number of hydrogen-bond donors (Lipinski definition) is 2. The molecule has 0 aliphatic carbocycles. The molecule has 24 heavy (non-hydrogen) atoms. The second-order valence-corrected chi connectivity index (χ2v) is 6.72. The molecule has 0 fully saturated rings. The van der Waals surface area contributed by atoms with Gasteiger partial charge in [0.05, 0.1) is 24.3 Å². The first-order valence-corrected chi connectivity index (χ1v) is 8.60. The Balaban J connectivity index is 1.69. The average Bonchev–Trinajstić information content (AvgIpc) is 2.93. The number of fused-ring (bicyclic) bond motifs is 3. The third-order valence-corrected chi connectivity index (χ3v) is 5.07. The molecule has 120 valence electrons. The van der Waals surface area contributed by atoms with Crippen LogP contribution in [0.1, 0.15) is 16.0 Å². The molecule has 0 saturated carbocycles. The van der Waals surface area contributed by atoms with Crippen molar-refractivity contribution in [2.75, 3.05) is 10.6 Å². The van der Waals surface area contributed by atoms with Crippen molar-refractivity contribution in [1.29, 1.82) is 0 Å². The first kappa shape index (κ1) is 14.8. The summed E-state index contributed by atoms with van der Waals surface area (Å²) in [6.45, 7) is 2.79. The summed E-state index contributed by atoms with van der Waals surface area (Å²) in [6.07, 6.45) is 2.03. The number of carbonyl (C=O) groups excluding carboxylic acids is 1. The van der Waals surface area contributed by atoms with Crippen molar-refractivity contribution in [3.8, 4) is 11.3 Å². The number of amides is 1. The minimum absolute atomic E-state index is 0.0419. The normalized spacial score (nSPS) is 12.8. The van der Waals surface area contributed by atoms with Gasteiger partial charge in [-0.25, -0.2) is 9.97 Å². The zero-order valence-electron chi connectivity index (χ0n) is 13.2. The Bertz CT molecular complexity index is 919. The third kappa shape index (κ3) is 2.76. The van der Waals surface area contributed by atoms with Crippen molar-refractivity contribution in [3.63, 3.8) is 0 Å². The van der Waals surface area contributed by atoms with Crippen molar-refractivity contribution in [2.45, 2.75) is 19.9 Å². The summed E-state index contributed by atoms with van der Waals surface area (Å²) in [5.41, 5.74) is 4.64. The second kappa shape index (κ2) is 6.05.